The van der Waals surface area contributed by atoms with E-state index in [1.165, 1.54) is 0 Å². The number of fused-ring (bicyclic) bond motifs is 1. The molecule has 3 aromatic heterocycles. The molecule has 86 valence electrons. The number of pyridine rings is 1. The molecule has 0 unspecified atom stereocenters. The van der Waals surface area contributed by atoms with E-state index in [9.17, 15) is 0 Å². The van der Waals surface area contributed by atoms with E-state index in [4.69, 9.17) is 5.73 Å². The maximum absolute atomic E-state index is 5.56. The van der Waals surface area contributed by atoms with Crippen LogP contribution < -0.4 is 5.73 Å². The van der Waals surface area contributed by atoms with E-state index in [2.05, 4.69) is 20.4 Å². The second kappa shape index (κ2) is 4.23. The maximum atomic E-state index is 5.56. The summed E-state index contributed by atoms with van der Waals surface area (Å²) in [5.41, 5.74) is 7.66. The average molecular weight is 245 g/mol. The summed E-state index contributed by atoms with van der Waals surface area (Å²) in [6.45, 7) is 0.621. The van der Waals surface area contributed by atoms with Gasteiger partial charge in [0.15, 0.2) is 5.82 Å². The third kappa shape index (κ3) is 1.81. The second-order valence-electron chi connectivity index (χ2n) is 3.63. The van der Waals surface area contributed by atoms with Crippen LogP contribution >= 0.6 is 11.3 Å². The summed E-state index contributed by atoms with van der Waals surface area (Å²) in [7, 11) is 0. The van der Waals surface area contributed by atoms with Crippen molar-refractivity contribution in [1.82, 2.24) is 19.6 Å². The highest BCUT2D eigenvalue weighted by Gasteiger charge is 2.10. The normalized spacial score (nSPS) is 11.1. The second-order valence-corrected chi connectivity index (χ2v) is 4.47. The van der Waals surface area contributed by atoms with Crippen LogP contribution in [0.5, 0.6) is 0 Å². The van der Waals surface area contributed by atoms with E-state index < -0.39 is 0 Å². The minimum Gasteiger partial charge on any atom is -0.330 e. The van der Waals surface area contributed by atoms with Crippen LogP contribution in [-0.2, 0) is 6.42 Å². The fourth-order valence-electron chi connectivity index (χ4n) is 1.67. The molecule has 5 nitrogen and oxygen atoms in total. The quantitative estimate of drug-likeness (QED) is 0.756. The monoisotopic (exact) mass is 245 g/mol. The molecule has 0 aliphatic rings. The molecular weight excluding hydrogens is 234 g/mol. The number of rotatable bonds is 3. The zero-order chi connectivity index (χ0) is 11.7. The van der Waals surface area contributed by atoms with E-state index in [-0.39, 0.29) is 0 Å². The van der Waals surface area contributed by atoms with Crippen LogP contribution in [0.2, 0.25) is 0 Å². The van der Waals surface area contributed by atoms with Crippen LogP contribution in [0.1, 0.15) is 5.69 Å². The van der Waals surface area contributed by atoms with Crippen LogP contribution in [0, 0.1) is 0 Å². The van der Waals surface area contributed by atoms with Crippen LogP contribution in [0.4, 0.5) is 0 Å². The van der Waals surface area contributed by atoms with Crippen molar-refractivity contribution >= 4 is 16.3 Å². The summed E-state index contributed by atoms with van der Waals surface area (Å²) in [6, 6.07) is 3.81. The average Bonchev–Trinajstić information content (AvgIpc) is 2.93. The molecular formula is C11H11N5S. The Balaban J connectivity index is 2.08. The van der Waals surface area contributed by atoms with Gasteiger partial charge in [-0.3, -0.25) is 4.98 Å². The first kappa shape index (κ1) is 10.4. The van der Waals surface area contributed by atoms with E-state index in [0.717, 1.165) is 28.5 Å². The summed E-state index contributed by atoms with van der Waals surface area (Å²) < 4.78 is 1.87. The minimum absolute atomic E-state index is 0.621. The van der Waals surface area contributed by atoms with Crippen molar-refractivity contribution in [3.63, 3.8) is 0 Å². The van der Waals surface area contributed by atoms with Gasteiger partial charge in [0.2, 0.25) is 4.96 Å². The topological polar surface area (TPSA) is 69.1 Å². The summed E-state index contributed by atoms with van der Waals surface area (Å²) >= 11 is 1.59. The van der Waals surface area contributed by atoms with Gasteiger partial charge in [0.1, 0.15) is 0 Å². The lowest BCUT2D eigenvalue weighted by Gasteiger charge is -1.94. The minimum atomic E-state index is 0.621. The van der Waals surface area contributed by atoms with Crippen molar-refractivity contribution in [1.29, 1.82) is 0 Å². The number of thiazole rings is 1. The molecule has 0 aliphatic heterocycles. The SMILES string of the molecule is NCCc1csc2nc(-c3ccncc3)nn12. The first-order valence-corrected chi connectivity index (χ1v) is 6.20. The predicted molar refractivity (Wildman–Crippen MR) is 66.9 cm³/mol. The van der Waals surface area contributed by atoms with Gasteiger partial charge in [-0.15, -0.1) is 16.4 Å². The van der Waals surface area contributed by atoms with Gasteiger partial charge in [0.25, 0.3) is 0 Å². The molecule has 0 aliphatic carbocycles. The lowest BCUT2D eigenvalue weighted by Crippen LogP contribution is -2.05. The highest BCUT2D eigenvalue weighted by molar-refractivity contribution is 7.15. The van der Waals surface area contributed by atoms with Crippen LogP contribution in [-0.4, -0.2) is 26.1 Å². The molecule has 17 heavy (non-hydrogen) atoms. The standard InChI is InChI=1S/C11H11N5S/c12-4-1-9-7-17-11-14-10(15-16(9)11)8-2-5-13-6-3-8/h2-3,5-7H,1,4,12H2. The Morgan fingerprint density at radius 3 is 2.88 bits per heavy atom. The van der Waals surface area contributed by atoms with Crippen LogP contribution in [0.15, 0.2) is 29.9 Å². The highest BCUT2D eigenvalue weighted by atomic mass is 32.1. The molecule has 3 rings (SSSR count). The maximum Gasteiger partial charge on any atom is 0.212 e. The smallest absolute Gasteiger partial charge is 0.212 e. The molecule has 0 fully saturated rings. The van der Waals surface area contributed by atoms with Crippen molar-refractivity contribution in [2.75, 3.05) is 6.54 Å². The van der Waals surface area contributed by atoms with Crippen LogP contribution in [0.3, 0.4) is 0 Å². The van der Waals surface area contributed by atoms with Gasteiger partial charge >= 0.3 is 0 Å². The third-order valence-electron chi connectivity index (χ3n) is 2.49. The molecule has 0 bridgehead atoms. The van der Waals surface area contributed by atoms with Gasteiger partial charge in [0.05, 0.1) is 5.69 Å². The Labute approximate surface area is 102 Å². The highest BCUT2D eigenvalue weighted by Crippen LogP contribution is 2.20. The van der Waals surface area contributed by atoms with E-state index >= 15 is 0 Å². The first-order chi connectivity index (χ1) is 8.38. The Morgan fingerprint density at radius 1 is 1.29 bits per heavy atom. The Kier molecular flexibility index (Phi) is 2.58. The first-order valence-electron chi connectivity index (χ1n) is 5.32. The van der Waals surface area contributed by atoms with Crippen molar-refractivity contribution in [2.24, 2.45) is 5.73 Å². The summed E-state index contributed by atoms with van der Waals surface area (Å²) in [6.07, 6.45) is 4.30. The van der Waals surface area contributed by atoms with Crippen molar-refractivity contribution in [2.45, 2.75) is 6.42 Å². The lowest BCUT2D eigenvalue weighted by atomic mass is 10.3. The number of nitrogens with zero attached hydrogens (tertiary/aromatic N) is 4. The molecule has 0 saturated heterocycles. The predicted octanol–water partition coefficient (Wildman–Crippen LogP) is 1.35. The zero-order valence-electron chi connectivity index (χ0n) is 9.08. The summed E-state index contributed by atoms with van der Waals surface area (Å²) in [4.78, 5) is 9.37. The van der Waals surface area contributed by atoms with Crippen molar-refractivity contribution in [3.05, 3.63) is 35.6 Å². The molecule has 0 saturated carbocycles. The number of hydrogen-bond donors (Lipinski definition) is 1. The molecule has 3 heterocycles. The van der Waals surface area contributed by atoms with Gasteiger partial charge in [-0.1, -0.05) is 0 Å². The van der Waals surface area contributed by atoms with Crippen LogP contribution in [0.25, 0.3) is 16.3 Å². The van der Waals surface area contributed by atoms with E-state index in [1.54, 1.807) is 23.7 Å². The number of aromatic nitrogens is 4. The molecule has 2 N–H and O–H groups in total. The van der Waals surface area contributed by atoms with Gasteiger partial charge in [0, 0.05) is 29.8 Å². The molecule has 0 amide bonds. The third-order valence-corrected chi connectivity index (χ3v) is 3.35. The number of hydrogen-bond acceptors (Lipinski definition) is 5. The van der Waals surface area contributed by atoms with Gasteiger partial charge in [-0.2, -0.15) is 4.98 Å². The van der Waals surface area contributed by atoms with Crippen molar-refractivity contribution < 1.29 is 0 Å². The Hall–Kier alpha value is -1.79. The van der Waals surface area contributed by atoms with Gasteiger partial charge in [-0.05, 0) is 18.7 Å². The Bertz CT molecular complexity index is 628. The fourth-order valence-corrected chi connectivity index (χ4v) is 2.52. The van der Waals surface area contributed by atoms with Gasteiger partial charge in [-0.25, -0.2) is 4.52 Å². The van der Waals surface area contributed by atoms with Gasteiger partial charge < -0.3 is 5.73 Å². The van der Waals surface area contributed by atoms with E-state index in [0.29, 0.717) is 6.54 Å². The molecule has 0 radical (unpaired) electrons. The van der Waals surface area contributed by atoms with E-state index in [1.807, 2.05) is 16.6 Å². The summed E-state index contributed by atoms with van der Waals surface area (Å²) in [5, 5.41) is 6.55. The molecule has 0 atom stereocenters. The molecule has 3 aromatic rings. The molecule has 0 aromatic carbocycles. The fraction of sp³-hybridized carbons (Fsp3) is 0.182. The zero-order valence-corrected chi connectivity index (χ0v) is 9.89. The molecule has 0 spiro atoms. The molecule has 6 heteroatoms. The van der Waals surface area contributed by atoms with Crippen molar-refractivity contribution in [3.8, 4) is 11.4 Å². The Morgan fingerprint density at radius 2 is 2.12 bits per heavy atom. The largest absolute Gasteiger partial charge is 0.330 e. The summed E-state index contributed by atoms with van der Waals surface area (Å²) in [5.74, 6) is 0.734. The number of nitrogens with two attached hydrogens (primary N) is 1. The lowest BCUT2D eigenvalue weighted by molar-refractivity contribution is 0.844.